The molecule has 0 aliphatic heterocycles. The molecule has 0 spiro atoms. The molecule has 0 amide bonds. The lowest BCUT2D eigenvalue weighted by Gasteiger charge is -2.22. The summed E-state index contributed by atoms with van der Waals surface area (Å²) in [7, 11) is 1.95. The standard InChI is InChI=1S/C11H19N5/c1-7(11(12)13)6-16(4)10-5-8(2)14-9(3)15-10/h5,7H,6H2,1-4H3,(H3,12,13). The van der Waals surface area contributed by atoms with E-state index < -0.39 is 0 Å². The average molecular weight is 221 g/mol. The number of hydrogen-bond acceptors (Lipinski definition) is 4. The molecule has 1 rings (SSSR count). The predicted octanol–water partition coefficient (Wildman–Crippen LogP) is 1.10. The normalized spacial score (nSPS) is 12.2. The maximum absolute atomic E-state index is 7.36. The zero-order valence-corrected chi connectivity index (χ0v) is 10.3. The number of aryl methyl sites for hydroxylation is 2. The third kappa shape index (κ3) is 3.18. The van der Waals surface area contributed by atoms with Gasteiger partial charge in [-0.25, -0.2) is 9.97 Å². The number of nitrogens with zero attached hydrogens (tertiary/aromatic N) is 3. The molecule has 0 fully saturated rings. The van der Waals surface area contributed by atoms with E-state index in [1.807, 2.05) is 38.8 Å². The van der Waals surface area contributed by atoms with Gasteiger partial charge in [-0.2, -0.15) is 0 Å². The first kappa shape index (κ1) is 12.4. The van der Waals surface area contributed by atoms with Crippen LogP contribution in [0.3, 0.4) is 0 Å². The molecule has 3 N–H and O–H groups in total. The van der Waals surface area contributed by atoms with Gasteiger partial charge in [-0.3, -0.25) is 5.41 Å². The van der Waals surface area contributed by atoms with E-state index >= 15 is 0 Å². The van der Waals surface area contributed by atoms with Gasteiger partial charge in [0.05, 0.1) is 5.84 Å². The van der Waals surface area contributed by atoms with Crippen LogP contribution in [0.15, 0.2) is 6.07 Å². The van der Waals surface area contributed by atoms with E-state index in [2.05, 4.69) is 9.97 Å². The summed E-state index contributed by atoms with van der Waals surface area (Å²) in [6.07, 6.45) is 0. The van der Waals surface area contributed by atoms with Crippen molar-refractivity contribution in [2.24, 2.45) is 11.7 Å². The van der Waals surface area contributed by atoms with E-state index in [4.69, 9.17) is 11.1 Å². The Hall–Kier alpha value is -1.65. The van der Waals surface area contributed by atoms with Gasteiger partial charge in [0, 0.05) is 31.3 Å². The third-order valence-electron chi connectivity index (χ3n) is 2.42. The van der Waals surface area contributed by atoms with Crippen LogP contribution in [0.4, 0.5) is 5.82 Å². The Labute approximate surface area is 96.2 Å². The van der Waals surface area contributed by atoms with Crippen LogP contribution in [0, 0.1) is 25.2 Å². The van der Waals surface area contributed by atoms with E-state index in [9.17, 15) is 0 Å². The highest BCUT2D eigenvalue weighted by atomic mass is 15.2. The van der Waals surface area contributed by atoms with Crippen LogP contribution in [0.25, 0.3) is 0 Å². The number of hydrogen-bond donors (Lipinski definition) is 2. The number of nitrogens with one attached hydrogen (secondary N) is 1. The second-order valence-electron chi connectivity index (χ2n) is 4.15. The zero-order chi connectivity index (χ0) is 12.3. The van der Waals surface area contributed by atoms with E-state index in [-0.39, 0.29) is 11.8 Å². The van der Waals surface area contributed by atoms with E-state index in [0.29, 0.717) is 6.54 Å². The zero-order valence-electron chi connectivity index (χ0n) is 10.3. The van der Waals surface area contributed by atoms with E-state index in [0.717, 1.165) is 17.3 Å². The molecule has 16 heavy (non-hydrogen) atoms. The first-order valence-corrected chi connectivity index (χ1v) is 5.27. The fourth-order valence-corrected chi connectivity index (χ4v) is 1.50. The van der Waals surface area contributed by atoms with Crippen LogP contribution < -0.4 is 10.6 Å². The molecule has 0 bridgehead atoms. The molecule has 0 radical (unpaired) electrons. The molecule has 1 heterocycles. The number of amidine groups is 1. The molecule has 5 nitrogen and oxygen atoms in total. The molecule has 0 aromatic carbocycles. The monoisotopic (exact) mass is 221 g/mol. The van der Waals surface area contributed by atoms with Crippen molar-refractivity contribution in [3.8, 4) is 0 Å². The van der Waals surface area contributed by atoms with Gasteiger partial charge >= 0.3 is 0 Å². The van der Waals surface area contributed by atoms with E-state index in [1.54, 1.807) is 0 Å². The Morgan fingerprint density at radius 1 is 1.50 bits per heavy atom. The summed E-state index contributed by atoms with van der Waals surface area (Å²) in [5, 5.41) is 7.36. The van der Waals surface area contributed by atoms with Crippen LogP contribution in [0.5, 0.6) is 0 Å². The van der Waals surface area contributed by atoms with Crippen molar-refractivity contribution in [3.63, 3.8) is 0 Å². The molecule has 1 atom stereocenters. The van der Waals surface area contributed by atoms with Crippen LogP contribution in [0.2, 0.25) is 0 Å². The summed E-state index contributed by atoms with van der Waals surface area (Å²) in [5.74, 6) is 1.87. The number of anilines is 1. The van der Waals surface area contributed by atoms with Gasteiger partial charge < -0.3 is 10.6 Å². The van der Waals surface area contributed by atoms with Crippen LogP contribution in [-0.2, 0) is 0 Å². The van der Waals surface area contributed by atoms with Gasteiger partial charge in [-0.05, 0) is 13.8 Å². The van der Waals surface area contributed by atoms with Gasteiger partial charge in [0.25, 0.3) is 0 Å². The van der Waals surface area contributed by atoms with Gasteiger partial charge in [0.15, 0.2) is 0 Å². The van der Waals surface area contributed by atoms with Gasteiger partial charge in [0.2, 0.25) is 0 Å². The maximum Gasteiger partial charge on any atom is 0.132 e. The van der Waals surface area contributed by atoms with Crippen molar-refractivity contribution in [1.82, 2.24) is 9.97 Å². The highest BCUT2D eigenvalue weighted by Gasteiger charge is 2.11. The molecule has 1 aromatic rings. The van der Waals surface area contributed by atoms with Crippen molar-refractivity contribution < 1.29 is 0 Å². The Balaban J connectivity index is 2.80. The summed E-state index contributed by atoms with van der Waals surface area (Å²) in [4.78, 5) is 10.6. The minimum atomic E-state index is 0.0283. The van der Waals surface area contributed by atoms with Crippen molar-refractivity contribution in [2.45, 2.75) is 20.8 Å². The molecule has 0 saturated carbocycles. The number of rotatable bonds is 4. The van der Waals surface area contributed by atoms with Crippen molar-refractivity contribution in [1.29, 1.82) is 5.41 Å². The maximum atomic E-state index is 7.36. The summed E-state index contributed by atoms with van der Waals surface area (Å²) >= 11 is 0. The van der Waals surface area contributed by atoms with Crippen LogP contribution in [-0.4, -0.2) is 29.4 Å². The second-order valence-corrected chi connectivity index (χ2v) is 4.15. The Morgan fingerprint density at radius 3 is 2.62 bits per heavy atom. The average Bonchev–Trinajstić information content (AvgIpc) is 2.15. The molecule has 0 aliphatic rings. The second kappa shape index (κ2) is 4.92. The first-order valence-electron chi connectivity index (χ1n) is 5.27. The first-order chi connectivity index (χ1) is 7.40. The molecule has 1 unspecified atom stereocenters. The molecule has 0 aliphatic carbocycles. The summed E-state index contributed by atoms with van der Waals surface area (Å²) in [6.45, 7) is 6.43. The highest BCUT2D eigenvalue weighted by Crippen LogP contribution is 2.12. The van der Waals surface area contributed by atoms with Gasteiger partial charge in [-0.15, -0.1) is 0 Å². The number of nitrogens with two attached hydrogens (primary N) is 1. The van der Waals surface area contributed by atoms with Crippen molar-refractivity contribution in [2.75, 3.05) is 18.5 Å². The smallest absolute Gasteiger partial charge is 0.132 e. The Kier molecular flexibility index (Phi) is 3.82. The lowest BCUT2D eigenvalue weighted by molar-refractivity contribution is 0.719. The lowest BCUT2D eigenvalue weighted by Crippen LogP contribution is -2.32. The topological polar surface area (TPSA) is 78.9 Å². The van der Waals surface area contributed by atoms with Gasteiger partial charge in [-0.1, -0.05) is 6.92 Å². The molecule has 1 aromatic heterocycles. The van der Waals surface area contributed by atoms with Crippen molar-refractivity contribution >= 4 is 11.7 Å². The summed E-state index contributed by atoms with van der Waals surface area (Å²) < 4.78 is 0. The van der Waals surface area contributed by atoms with Crippen molar-refractivity contribution in [3.05, 3.63) is 17.6 Å². The minimum Gasteiger partial charge on any atom is -0.387 e. The minimum absolute atomic E-state index is 0.0283. The lowest BCUT2D eigenvalue weighted by atomic mass is 10.1. The summed E-state index contributed by atoms with van der Waals surface area (Å²) in [6, 6.07) is 1.93. The van der Waals surface area contributed by atoms with E-state index in [1.165, 1.54) is 0 Å². The third-order valence-corrected chi connectivity index (χ3v) is 2.42. The fourth-order valence-electron chi connectivity index (χ4n) is 1.50. The number of aromatic nitrogens is 2. The Bertz CT molecular complexity index is 368. The largest absolute Gasteiger partial charge is 0.387 e. The Morgan fingerprint density at radius 2 is 2.12 bits per heavy atom. The molecule has 5 heteroatoms. The van der Waals surface area contributed by atoms with Crippen LogP contribution in [0.1, 0.15) is 18.4 Å². The SMILES string of the molecule is Cc1cc(N(C)CC(C)C(=N)N)nc(C)n1. The fraction of sp³-hybridized carbons (Fsp3) is 0.545. The van der Waals surface area contributed by atoms with Gasteiger partial charge in [0.1, 0.15) is 11.6 Å². The molecular weight excluding hydrogens is 202 g/mol. The van der Waals surface area contributed by atoms with Crippen LogP contribution >= 0.6 is 0 Å². The quantitative estimate of drug-likeness (QED) is 0.589. The molecule has 0 saturated heterocycles. The summed E-state index contributed by atoms with van der Waals surface area (Å²) in [5.41, 5.74) is 6.39. The predicted molar refractivity (Wildman–Crippen MR) is 65.9 cm³/mol. The highest BCUT2D eigenvalue weighted by molar-refractivity contribution is 5.79. The molecular formula is C11H19N5. The molecule has 88 valence electrons.